The Kier molecular flexibility index (Phi) is 6.15. The summed E-state index contributed by atoms with van der Waals surface area (Å²) in [5.74, 6) is -1.15. The summed E-state index contributed by atoms with van der Waals surface area (Å²) in [7, 11) is -3.57. The molecule has 0 aliphatic carbocycles. The molecule has 5 nitrogen and oxygen atoms in total. The molecule has 0 spiro atoms. The largest absolute Gasteiger partial charge is 0.326 e. The van der Waals surface area contributed by atoms with Crippen LogP contribution in [0.3, 0.4) is 0 Å². The highest BCUT2D eigenvalue weighted by molar-refractivity contribution is 7.88. The van der Waals surface area contributed by atoms with Gasteiger partial charge in [0.05, 0.1) is 11.7 Å². The number of hydrogen-bond donors (Lipinski definition) is 1. The molecule has 2 aromatic carbocycles. The summed E-state index contributed by atoms with van der Waals surface area (Å²) in [6.45, 7) is 4.55. The van der Waals surface area contributed by atoms with E-state index in [1.54, 1.807) is 0 Å². The molecular formula is C21H25FN2O3S. The lowest BCUT2D eigenvalue weighted by molar-refractivity contribution is -0.120. The van der Waals surface area contributed by atoms with E-state index in [1.807, 2.05) is 32.0 Å². The second-order valence-electron chi connectivity index (χ2n) is 7.37. The molecule has 0 radical (unpaired) electrons. The van der Waals surface area contributed by atoms with Crippen molar-refractivity contribution in [2.75, 3.05) is 18.4 Å². The number of carbonyl (C=O) groups is 1. The number of nitrogens with one attached hydrogen (secondary N) is 1. The van der Waals surface area contributed by atoms with E-state index < -0.39 is 21.8 Å². The fourth-order valence-corrected chi connectivity index (χ4v) is 4.97. The Morgan fingerprint density at radius 3 is 2.54 bits per heavy atom. The van der Waals surface area contributed by atoms with Crippen LogP contribution in [0.5, 0.6) is 0 Å². The highest BCUT2D eigenvalue weighted by Gasteiger charge is 2.32. The molecule has 2 aromatic rings. The van der Waals surface area contributed by atoms with Gasteiger partial charge < -0.3 is 5.32 Å². The molecule has 1 atom stereocenters. The van der Waals surface area contributed by atoms with E-state index >= 15 is 0 Å². The molecule has 150 valence electrons. The minimum absolute atomic E-state index is 0.162. The third kappa shape index (κ3) is 4.97. The molecule has 7 heteroatoms. The number of hydrogen-bond acceptors (Lipinski definition) is 3. The summed E-state index contributed by atoms with van der Waals surface area (Å²) in [5, 5.41) is 2.91. The van der Waals surface area contributed by atoms with Crippen molar-refractivity contribution < 1.29 is 17.6 Å². The van der Waals surface area contributed by atoms with Crippen molar-refractivity contribution in [3.8, 4) is 0 Å². The highest BCUT2D eigenvalue weighted by Crippen LogP contribution is 2.23. The van der Waals surface area contributed by atoms with E-state index in [0.717, 1.165) is 16.8 Å². The lowest BCUT2D eigenvalue weighted by atomic mass is 9.98. The first-order valence-electron chi connectivity index (χ1n) is 9.35. The van der Waals surface area contributed by atoms with Crippen LogP contribution < -0.4 is 5.32 Å². The molecular weight excluding hydrogens is 379 g/mol. The number of amides is 1. The van der Waals surface area contributed by atoms with Crippen LogP contribution in [-0.4, -0.2) is 31.7 Å². The number of sulfonamides is 1. The second-order valence-corrected chi connectivity index (χ2v) is 9.34. The summed E-state index contributed by atoms with van der Waals surface area (Å²) in [4.78, 5) is 12.7. The van der Waals surface area contributed by atoms with Crippen LogP contribution in [-0.2, 0) is 20.6 Å². The number of carbonyl (C=O) groups excluding carboxylic acids is 1. The first-order chi connectivity index (χ1) is 13.2. The van der Waals surface area contributed by atoms with Crippen LogP contribution in [0.2, 0.25) is 0 Å². The van der Waals surface area contributed by atoms with Gasteiger partial charge in [-0.2, -0.15) is 0 Å². The second kappa shape index (κ2) is 8.41. The van der Waals surface area contributed by atoms with Gasteiger partial charge in [0.15, 0.2) is 0 Å². The zero-order chi connectivity index (χ0) is 20.3. The van der Waals surface area contributed by atoms with Crippen molar-refractivity contribution in [2.45, 2.75) is 32.4 Å². The standard InChI is InChI=1S/C21H25FN2O3S/c1-15-5-10-20(12-16(15)2)23-21(25)18-4-3-11-24(13-18)28(26,27)14-17-6-8-19(22)9-7-17/h5-10,12,18H,3-4,11,13-14H2,1-2H3,(H,23,25)/t18-/m0/s1. The van der Waals surface area contributed by atoms with E-state index in [1.165, 1.54) is 28.6 Å². The minimum Gasteiger partial charge on any atom is -0.326 e. The van der Waals surface area contributed by atoms with Gasteiger partial charge in [-0.3, -0.25) is 4.79 Å². The Bertz CT molecular complexity index is 958. The summed E-state index contributed by atoms with van der Waals surface area (Å²) in [5.41, 5.74) is 3.49. The van der Waals surface area contributed by atoms with E-state index in [-0.39, 0.29) is 18.2 Å². The molecule has 1 fully saturated rings. The maximum atomic E-state index is 13.0. The molecule has 0 unspecified atom stereocenters. The molecule has 0 bridgehead atoms. The van der Waals surface area contributed by atoms with Gasteiger partial charge in [0.25, 0.3) is 0 Å². The number of rotatable bonds is 5. The van der Waals surface area contributed by atoms with Crippen LogP contribution in [0, 0.1) is 25.6 Å². The zero-order valence-corrected chi connectivity index (χ0v) is 16.9. The van der Waals surface area contributed by atoms with Gasteiger partial charge in [0, 0.05) is 18.8 Å². The Morgan fingerprint density at radius 2 is 1.86 bits per heavy atom. The minimum atomic E-state index is -3.57. The quantitative estimate of drug-likeness (QED) is 0.828. The zero-order valence-electron chi connectivity index (χ0n) is 16.1. The molecule has 1 heterocycles. The molecule has 0 saturated carbocycles. The molecule has 1 aliphatic heterocycles. The maximum absolute atomic E-state index is 13.0. The number of aryl methyl sites for hydroxylation is 2. The van der Waals surface area contributed by atoms with Gasteiger partial charge in [0.2, 0.25) is 15.9 Å². The molecule has 1 N–H and O–H groups in total. The van der Waals surface area contributed by atoms with Crippen LogP contribution in [0.25, 0.3) is 0 Å². The number of nitrogens with zero attached hydrogens (tertiary/aromatic N) is 1. The third-order valence-electron chi connectivity index (χ3n) is 5.19. The van der Waals surface area contributed by atoms with E-state index in [4.69, 9.17) is 0 Å². The summed E-state index contributed by atoms with van der Waals surface area (Å²) in [6.07, 6.45) is 1.28. The van der Waals surface area contributed by atoms with Gasteiger partial charge in [-0.05, 0) is 67.6 Å². The van der Waals surface area contributed by atoms with E-state index in [2.05, 4.69) is 5.32 Å². The topological polar surface area (TPSA) is 66.5 Å². The van der Waals surface area contributed by atoms with Crippen LogP contribution in [0.4, 0.5) is 10.1 Å². The molecule has 3 rings (SSSR count). The van der Waals surface area contributed by atoms with E-state index in [9.17, 15) is 17.6 Å². The number of anilines is 1. The molecule has 28 heavy (non-hydrogen) atoms. The predicted molar refractivity (Wildman–Crippen MR) is 108 cm³/mol. The summed E-state index contributed by atoms with van der Waals surface area (Å²) in [6, 6.07) is 11.2. The fourth-order valence-electron chi connectivity index (χ4n) is 3.36. The lowest BCUT2D eigenvalue weighted by Gasteiger charge is -2.31. The average molecular weight is 405 g/mol. The lowest BCUT2D eigenvalue weighted by Crippen LogP contribution is -2.44. The van der Waals surface area contributed by atoms with Gasteiger partial charge in [0.1, 0.15) is 5.82 Å². The predicted octanol–water partition coefficient (Wildman–Crippen LogP) is 3.62. The molecule has 1 aliphatic rings. The summed E-state index contributed by atoms with van der Waals surface area (Å²) >= 11 is 0. The van der Waals surface area contributed by atoms with Crippen molar-refractivity contribution >= 4 is 21.6 Å². The Labute approximate surface area is 165 Å². The van der Waals surface area contributed by atoms with Crippen LogP contribution >= 0.6 is 0 Å². The number of halogens is 1. The van der Waals surface area contributed by atoms with Crippen molar-refractivity contribution in [3.63, 3.8) is 0 Å². The Balaban J connectivity index is 1.66. The van der Waals surface area contributed by atoms with Crippen molar-refractivity contribution in [1.82, 2.24) is 4.31 Å². The smallest absolute Gasteiger partial charge is 0.228 e. The number of piperidine rings is 1. The van der Waals surface area contributed by atoms with Gasteiger partial charge in [-0.25, -0.2) is 17.1 Å². The van der Waals surface area contributed by atoms with Crippen LogP contribution in [0.15, 0.2) is 42.5 Å². The molecule has 1 amide bonds. The van der Waals surface area contributed by atoms with E-state index in [0.29, 0.717) is 24.9 Å². The first kappa shape index (κ1) is 20.5. The maximum Gasteiger partial charge on any atom is 0.228 e. The van der Waals surface area contributed by atoms with Crippen LogP contribution in [0.1, 0.15) is 29.5 Å². The molecule has 0 aromatic heterocycles. The normalized spacial score (nSPS) is 18.0. The Hall–Kier alpha value is -2.25. The number of benzene rings is 2. The Morgan fingerprint density at radius 1 is 1.14 bits per heavy atom. The van der Waals surface area contributed by atoms with Crippen molar-refractivity contribution in [2.24, 2.45) is 5.92 Å². The third-order valence-corrected chi connectivity index (χ3v) is 7.00. The SMILES string of the molecule is Cc1ccc(NC(=O)[C@H]2CCCN(S(=O)(=O)Cc3ccc(F)cc3)C2)cc1C. The summed E-state index contributed by atoms with van der Waals surface area (Å²) < 4.78 is 39.9. The average Bonchev–Trinajstić information content (AvgIpc) is 2.66. The first-order valence-corrected chi connectivity index (χ1v) is 11.0. The van der Waals surface area contributed by atoms with Gasteiger partial charge >= 0.3 is 0 Å². The van der Waals surface area contributed by atoms with Crippen molar-refractivity contribution in [1.29, 1.82) is 0 Å². The molecule has 1 saturated heterocycles. The fraction of sp³-hybridized carbons (Fsp3) is 0.381. The van der Waals surface area contributed by atoms with Gasteiger partial charge in [-0.1, -0.05) is 18.2 Å². The van der Waals surface area contributed by atoms with Gasteiger partial charge in [-0.15, -0.1) is 0 Å². The van der Waals surface area contributed by atoms with Crippen molar-refractivity contribution in [3.05, 3.63) is 65.0 Å². The highest BCUT2D eigenvalue weighted by atomic mass is 32.2. The monoisotopic (exact) mass is 404 g/mol.